The second-order valence-electron chi connectivity index (χ2n) is 5.73. The number of anilines is 2. The molecular formula is C15H23N3O2. The molecule has 0 radical (unpaired) electrons. The molecule has 0 aliphatic carbocycles. The van der Waals surface area contributed by atoms with E-state index in [9.17, 15) is 9.90 Å². The van der Waals surface area contributed by atoms with Crippen molar-refractivity contribution in [3.05, 3.63) is 23.8 Å². The van der Waals surface area contributed by atoms with Crippen LogP contribution in [0.15, 0.2) is 18.2 Å². The molecule has 1 unspecified atom stereocenters. The van der Waals surface area contributed by atoms with Gasteiger partial charge >= 0.3 is 5.97 Å². The minimum Gasteiger partial charge on any atom is -0.478 e. The van der Waals surface area contributed by atoms with Crippen molar-refractivity contribution in [1.29, 1.82) is 0 Å². The van der Waals surface area contributed by atoms with Crippen molar-refractivity contribution in [3.63, 3.8) is 0 Å². The number of aromatic carboxylic acids is 1. The molecule has 5 heteroatoms. The third-order valence-corrected chi connectivity index (χ3v) is 3.90. The lowest BCUT2D eigenvalue weighted by Gasteiger charge is -2.20. The van der Waals surface area contributed by atoms with Gasteiger partial charge in [0.15, 0.2) is 0 Å². The Balaban J connectivity index is 1.98. The van der Waals surface area contributed by atoms with Gasteiger partial charge in [-0.25, -0.2) is 4.79 Å². The minimum absolute atomic E-state index is 0.276. The first-order valence-electron chi connectivity index (χ1n) is 7.08. The van der Waals surface area contributed by atoms with Crippen molar-refractivity contribution in [3.8, 4) is 0 Å². The number of carboxylic acids is 1. The first-order valence-corrected chi connectivity index (χ1v) is 7.08. The number of carboxylic acid groups (broad SMARTS) is 1. The van der Waals surface area contributed by atoms with Gasteiger partial charge in [-0.3, -0.25) is 0 Å². The second kappa shape index (κ2) is 6.13. The van der Waals surface area contributed by atoms with Crippen LogP contribution in [0.25, 0.3) is 0 Å². The first kappa shape index (κ1) is 14.7. The van der Waals surface area contributed by atoms with Crippen LogP contribution < -0.4 is 11.1 Å². The third-order valence-electron chi connectivity index (χ3n) is 3.90. The van der Waals surface area contributed by atoms with E-state index in [-0.39, 0.29) is 5.56 Å². The van der Waals surface area contributed by atoms with Gasteiger partial charge in [0.25, 0.3) is 0 Å². The maximum Gasteiger partial charge on any atom is 0.337 e. The highest BCUT2D eigenvalue weighted by Gasteiger charge is 2.24. The third kappa shape index (κ3) is 3.42. The van der Waals surface area contributed by atoms with Gasteiger partial charge in [0, 0.05) is 24.8 Å². The monoisotopic (exact) mass is 277 g/mol. The van der Waals surface area contributed by atoms with Crippen LogP contribution in [-0.2, 0) is 0 Å². The van der Waals surface area contributed by atoms with Crippen molar-refractivity contribution in [2.45, 2.75) is 26.3 Å². The molecule has 0 saturated carbocycles. The number of nitrogen functional groups attached to an aromatic ring is 1. The van der Waals surface area contributed by atoms with Crippen molar-refractivity contribution in [2.75, 3.05) is 30.7 Å². The Kier molecular flexibility index (Phi) is 4.49. The Bertz CT molecular complexity index is 488. The summed E-state index contributed by atoms with van der Waals surface area (Å²) in [7, 11) is 0. The van der Waals surface area contributed by atoms with Crippen molar-refractivity contribution in [1.82, 2.24) is 4.90 Å². The predicted octanol–water partition coefficient (Wildman–Crippen LogP) is 2.11. The van der Waals surface area contributed by atoms with Crippen LogP contribution in [-0.4, -0.2) is 41.7 Å². The SMILES string of the molecule is CC(C)N1CCC(CNc2cc(N)ccc2C(=O)O)C1. The highest BCUT2D eigenvalue weighted by molar-refractivity contribution is 5.95. The Morgan fingerprint density at radius 2 is 2.30 bits per heavy atom. The number of carbonyl (C=O) groups is 1. The summed E-state index contributed by atoms with van der Waals surface area (Å²) in [6.07, 6.45) is 1.15. The molecular weight excluding hydrogens is 254 g/mol. The zero-order valence-electron chi connectivity index (χ0n) is 12.1. The summed E-state index contributed by atoms with van der Waals surface area (Å²) < 4.78 is 0. The number of likely N-dealkylation sites (tertiary alicyclic amines) is 1. The summed E-state index contributed by atoms with van der Waals surface area (Å²) in [6, 6.07) is 5.43. The molecule has 1 fully saturated rings. The molecule has 0 spiro atoms. The standard InChI is InChI=1S/C15H23N3O2/c1-10(2)18-6-5-11(9-18)8-17-14-7-12(16)3-4-13(14)15(19)20/h3-4,7,10-11,17H,5-6,8-9,16H2,1-2H3,(H,19,20). The Hall–Kier alpha value is -1.75. The molecule has 1 atom stereocenters. The normalized spacial score (nSPS) is 19.4. The maximum atomic E-state index is 11.2. The molecule has 1 heterocycles. The van der Waals surface area contributed by atoms with Crippen LogP contribution >= 0.6 is 0 Å². The molecule has 0 aromatic heterocycles. The van der Waals surface area contributed by atoms with E-state index in [1.54, 1.807) is 18.2 Å². The number of nitrogens with one attached hydrogen (secondary N) is 1. The second-order valence-corrected chi connectivity index (χ2v) is 5.73. The number of hydrogen-bond acceptors (Lipinski definition) is 4. The van der Waals surface area contributed by atoms with Crippen molar-refractivity contribution < 1.29 is 9.90 Å². The van der Waals surface area contributed by atoms with Crippen LogP contribution in [0.2, 0.25) is 0 Å². The molecule has 1 aliphatic heterocycles. The summed E-state index contributed by atoms with van der Waals surface area (Å²) in [5.41, 5.74) is 7.20. The van der Waals surface area contributed by atoms with Gasteiger partial charge < -0.3 is 21.1 Å². The van der Waals surface area contributed by atoms with Gasteiger partial charge in [-0.1, -0.05) is 0 Å². The smallest absolute Gasteiger partial charge is 0.337 e. The Labute approximate surface area is 119 Å². The lowest BCUT2D eigenvalue weighted by Crippen LogP contribution is -2.29. The molecule has 5 nitrogen and oxygen atoms in total. The van der Waals surface area contributed by atoms with Gasteiger partial charge in [-0.15, -0.1) is 0 Å². The largest absolute Gasteiger partial charge is 0.478 e. The zero-order valence-corrected chi connectivity index (χ0v) is 12.1. The number of nitrogens with two attached hydrogens (primary N) is 1. The summed E-state index contributed by atoms with van der Waals surface area (Å²) >= 11 is 0. The molecule has 0 bridgehead atoms. The van der Waals surface area contributed by atoms with Gasteiger partial charge in [0.1, 0.15) is 0 Å². The van der Waals surface area contributed by atoms with Crippen LogP contribution in [0, 0.1) is 5.92 Å². The molecule has 4 N–H and O–H groups in total. The summed E-state index contributed by atoms with van der Waals surface area (Å²) in [6.45, 7) is 7.38. The quantitative estimate of drug-likeness (QED) is 0.718. The maximum absolute atomic E-state index is 11.2. The van der Waals surface area contributed by atoms with E-state index in [0.717, 1.165) is 26.1 Å². The summed E-state index contributed by atoms with van der Waals surface area (Å²) in [4.78, 5) is 13.6. The molecule has 1 aromatic rings. The van der Waals surface area contributed by atoms with E-state index in [1.807, 2.05) is 0 Å². The minimum atomic E-state index is -0.928. The highest BCUT2D eigenvalue weighted by atomic mass is 16.4. The number of benzene rings is 1. The first-order chi connectivity index (χ1) is 9.47. The van der Waals surface area contributed by atoms with Gasteiger partial charge in [-0.05, 0) is 50.9 Å². The topological polar surface area (TPSA) is 78.6 Å². The lowest BCUT2D eigenvalue weighted by molar-refractivity contribution is 0.0698. The van der Waals surface area contributed by atoms with E-state index in [0.29, 0.717) is 23.3 Å². The molecule has 110 valence electrons. The fraction of sp³-hybridized carbons (Fsp3) is 0.533. The predicted molar refractivity (Wildman–Crippen MR) is 81.1 cm³/mol. The van der Waals surface area contributed by atoms with Gasteiger partial charge in [0.2, 0.25) is 0 Å². The van der Waals surface area contributed by atoms with E-state index < -0.39 is 5.97 Å². The van der Waals surface area contributed by atoms with Crippen molar-refractivity contribution >= 4 is 17.3 Å². The lowest BCUT2D eigenvalue weighted by atomic mass is 10.1. The van der Waals surface area contributed by atoms with E-state index in [1.165, 1.54) is 0 Å². The van der Waals surface area contributed by atoms with Crippen LogP contribution in [0.1, 0.15) is 30.6 Å². The van der Waals surface area contributed by atoms with E-state index in [2.05, 4.69) is 24.1 Å². The molecule has 2 rings (SSSR count). The number of rotatable bonds is 5. The van der Waals surface area contributed by atoms with Crippen LogP contribution in [0.5, 0.6) is 0 Å². The average molecular weight is 277 g/mol. The molecule has 1 aliphatic rings. The number of hydrogen-bond donors (Lipinski definition) is 3. The Morgan fingerprint density at radius 1 is 1.55 bits per heavy atom. The summed E-state index contributed by atoms with van der Waals surface area (Å²) in [5.74, 6) is -0.372. The zero-order chi connectivity index (χ0) is 14.7. The molecule has 20 heavy (non-hydrogen) atoms. The van der Waals surface area contributed by atoms with Crippen LogP contribution in [0.3, 0.4) is 0 Å². The van der Waals surface area contributed by atoms with E-state index >= 15 is 0 Å². The molecule has 1 aromatic carbocycles. The fourth-order valence-electron chi connectivity index (χ4n) is 2.65. The average Bonchev–Trinajstić information content (AvgIpc) is 2.85. The fourth-order valence-corrected chi connectivity index (χ4v) is 2.65. The molecule has 0 amide bonds. The van der Waals surface area contributed by atoms with Crippen molar-refractivity contribution in [2.24, 2.45) is 5.92 Å². The van der Waals surface area contributed by atoms with Gasteiger partial charge in [0.05, 0.1) is 11.3 Å². The summed E-state index contributed by atoms with van der Waals surface area (Å²) in [5, 5.41) is 12.4. The highest BCUT2D eigenvalue weighted by Crippen LogP contribution is 2.22. The number of nitrogens with zero attached hydrogens (tertiary/aromatic N) is 1. The van der Waals surface area contributed by atoms with E-state index in [4.69, 9.17) is 5.73 Å². The molecule has 1 saturated heterocycles. The van der Waals surface area contributed by atoms with Crippen LogP contribution in [0.4, 0.5) is 11.4 Å². The Morgan fingerprint density at radius 3 is 2.90 bits per heavy atom. The van der Waals surface area contributed by atoms with Gasteiger partial charge in [-0.2, -0.15) is 0 Å².